The molecule has 2 rings (SSSR count). The van der Waals surface area contributed by atoms with Gasteiger partial charge in [0.1, 0.15) is 12.4 Å². The number of nitrogens with one attached hydrogen (secondary N) is 2. The molecule has 0 amide bonds. The standard InChI is InChI=1S/C21H29N3O2/c1-3-22-21(23-14-15-26-20-12-6-5-7-13-20)24-16-18-10-8-9-11-19(18)17-25-4-2/h5-13H,3-4,14-17H2,1-2H3,(H2,22,23,24). The van der Waals surface area contributed by atoms with E-state index in [1.54, 1.807) is 0 Å². The van der Waals surface area contributed by atoms with Crippen LogP contribution in [0.4, 0.5) is 0 Å². The van der Waals surface area contributed by atoms with Crippen LogP contribution >= 0.6 is 0 Å². The van der Waals surface area contributed by atoms with Gasteiger partial charge in [-0.2, -0.15) is 0 Å². The van der Waals surface area contributed by atoms with Crippen LogP contribution < -0.4 is 15.4 Å². The van der Waals surface area contributed by atoms with Crippen LogP contribution in [0, 0.1) is 0 Å². The number of nitrogens with zero attached hydrogens (tertiary/aromatic N) is 1. The fraction of sp³-hybridized carbons (Fsp3) is 0.381. The van der Waals surface area contributed by atoms with Crippen molar-refractivity contribution in [1.29, 1.82) is 0 Å². The highest BCUT2D eigenvalue weighted by atomic mass is 16.5. The Morgan fingerprint density at radius 3 is 2.38 bits per heavy atom. The van der Waals surface area contributed by atoms with Gasteiger partial charge < -0.3 is 20.1 Å². The van der Waals surface area contributed by atoms with Gasteiger partial charge in [0.05, 0.1) is 19.7 Å². The van der Waals surface area contributed by atoms with Crippen LogP contribution in [0.1, 0.15) is 25.0 Å². The molecule has 0 atom stereocenters. The first-order valence-corrected chi connectivity index (χ1v) is 9.18. The Bertz CT molecular complexity index is 659. The van der Waals surface area contributed by atoms with E-state index in [2.05, 4.69) is 34.7 Å². The summed E-state index contributed by atoms with van der Waals surface area (Å²) in [5, 5.41) is 6.57. The molecule has 0 bridgehead atoms. The molecule has 5 heteroatoms. The Morgan fingerprint density at radius 2 is 1.65 bits per heavy atom. The summed E-state index contributed by atoms with van der Waals surface area (Å²) in [4.78, 5) is 4.68. The zero-order valence-electron chi connectivity index (χ0n) is 15.7. The van der Waals surface area contributed by atoms with Crippen LogP contribution in [0.2, 0.25) is 0 Å². The van der Waals surface area contributed by atoms with Crippen LogP contribution in [-0.4, -0.2) is 32.3 Å². The molecule has 0 fully saturated rings. The van der Waals surface area contributed by atoms with Crippen molar-refractivity contribution < 1.29 is 9.47 Å². The fourth-order valence-electron chi connectivity index (χ4n) is 2.43. The van der Waals surface area contributed by atoms with Gasteiger partial charge in [-0.15, -0.1) is 0 Å². The maximum atomic E-state index is 5.70. The molecule has 0 aliphatic rings. The molecule has 0 saturated carbocycles. The van der Waals surface area contributed by atoms with E-state index in [-0.39, 0.29) is 0 Å². The van der Waals surface area contributed by atoms with E-state index in [0.29, 0.717) is 32.9 Å². The Morgan fingerprint density at radius 1 is 0.923 bits per heavy atom. The van der Waals surface area contributed by atoms with Crippen molar-refractivity contribution in [2.24, 2.45) is 4.99 Å². The van der Waals surface area contributed by atoms with E-state index in [1.807, 2.05) is 49.4 Å². The second-order valence-electron chi connectivity index (χ2n) is 5.69. The van der Waals surface area contributed by atoms with Crippen LogP contribution in [0.15, 0.2) is 59.6 Å². The van der Waals surface area contributed by atoms with Crippen molar-refractivity contribution in [3.63, 3.8) is 0 Å². The van der Waals surface area contributed by atoms with Gasteiger partial charge in [-0.25, -0.2) is 4.99 Å². The van der Waals surface area contributed by atoms with E-state index in [4.69, 9.17) is 9.47 Å². The first-order chi connectivity index (χ1) is 12.8. The molecule has 5 nitrogen and oxygen atoms in total. The lowest BCUT2D eigenvalue weighted by Gasteiger charge is -2.13. The molecule has 2 aromatic rings. The van der Waals surface area contributed by atoms with E-state index < -0.39 is 0 Å². The third-order valence-corrected chi connectivity index (χ3v) is 3.74. The molecule has 0 aliphatic heterocycles. The van der Waals surface area contributed by atoms with Gasteiger partial charge in [-0.05, 0) is 37.1 Å². The summed E-state index contributed by atoms with van der Waals surface area (Å²) in [5.74, 6) is 1.66. The van der Waals surface area contributed by atoms with Gasteiger partial charge in [0.15, 0.2) is 5.96 Å². The lowest BCUT2D eigenvalue weighted by Crippen LogP contribution is -2.39. The van der Waals surface area contributed by atoms with Crippen molar-refractivity contribution in [2.75, 3.05) is 26.3 Å². The van der Waals surface area contributed by atoms with E-state index in [0.717, 1.165) is 18.3 Å². The number of guanidine groups is 1. The van der Waals surface area contributed by atoms with Crippen molar-refractivity contribution in [3.8, 4) is 5.75 Å². The van der Waals surface area contributed by atoms with Crippen molar-refractivity contribution >= 4 is 5.96 Å². The molecule has 2 aromatic carbocycles. The molecular weight excluding hydrogens is 326 g/mol. The van der Waals surface area contributed by atoms with Crippen LogP contribution in [0.3, 0.4) is 0 Å². The predicted molar refractivity (Wildman–Crippen MR) is 107 cm³/mol. The maximum absolute atomic E-state index is 5.70. The number of benzene rings is 2. The SMILES string of the molecule is CCNC(=NCc1ccccc1COCC)NCCOc1ccccc1. The second kappa shape index (κ2) is 11.9. The van der Waals surface area contributed by atoms with Crippen molar-refractivity contribution in [2.45, 2.75) is 27.0 Å². The summed E-state index contributed by atoms with van der Waals surface area (Å²) < 4.78 is 11.2. The maximum Gasteiger partial charge on any atom is 0.191 e. The van der Waals surface area contributed by atoms with Crippen LogP contribution in [-0.2, 0) is 17.9 Å². The number of hydrogen-bond acceptors (Lipinski definition) is 3. The third kappa shape index (κ3) is 7.15. The van der Waals surface area contributed by atoms with Crippen molar-refractivity contribution in [1.82, 2.24) is 10.6 Å². The topological polar surface area (TPSA) is 54.9 Å². The number of hydrogen-bond donors (Lipinski definition) is 2. The second-order valence-corrected chi connectivity index (χ2v) is 5.69. The smallest absolute Gasteiger partial charge is 0.191 e. The Kier molecular flexibility index (Phi) is 9.08. The quantitative estimate of drug-likeness (QED) is 0.390. The Balaban J connectivity index is 1.86. The lowest BCUT2D eigenvalue weighted by molar-refractivity contribution is 0.133. The van der Waals surface area contributed by atoms with E-state index in [9.17, 15) is 0 Å². The van der Waals surface area contributed by atoms with Crippen molar-refractivity contribution in [3.05, 3.63) is 65.7 Å². The van der Waals surface area contributed by atoms with Gasteiger partial charge in [-0.1, -0.05) is 42.5 Å². The zero-order chi connectivity index (χ0) is 18.5. The minimum absolute atomic E-state index is 0.579. The molecule has 0 heterocycles. The zero-order valence-corrected chi connectivity index (χ0v) is 15.7. The van der Waals surface area contributed by atoms with Gasteiger partial charge >= 0.3 is 0 Å². The van der Waals surface area contributed by atoms with Gasteiger partial charge in [0, 0.05) is 13.2 Å². The summed E-state index contributed by atoms with van der Waals surface area (Å²) in [6, 6.07) is 18.1. The largest absolute Gasteiger partial charge is 0.492 e. The minimum Gasteiger partial charge on any atom is -0.492 e. The third-order valence-electron chi connectivity index (χ3n) is 3.74. The molecule has 0 saturated heterocycles. The van der Waals surface area contributed by atoms with Crippen LogP contribution in [0.5, 0.6) is 5.75 Å². The average Bonchev–Trinajstić information content (AvgIpc) is 2.69. The molecule has 0 radical (unpaired) electrons. The minimum atomic E-state index is 0.579. The number of rotatable bonds is 10. The lowest BCUT2D eigenvalue weighted by atomic mass is 10.1. The molecule has 0 spiro atoms. The highest BCUT2D eigenvalue weighted by molar-refractivity contribution is 5.79. The number of para-hydroxylation sites is 1. The molecule has 0 aromatic heterocycles. The number of ether oxygens (including phenoxy) is 2. The first kappa shape index (κ1) is 19.8. The van der Waals surface area contributed by atoms with Gasteiger partial charge in [0.2, 0.25) is 0 Å². The monoisotopic (exact) mass is 355 g/mol. The van der Waals surface area contributed by atoms with Gasteiger partial charge in [0.25, 0.3) is 0 Å². The summed E-state index contributed by atoms with van der Waals surface area (Å²) in [5.41, 5.74) is 2.36. The highest BCUT2D eigenvalue weighted by Gasteiger charge is 2.03. The fourth-order valence-corrected chi connectivity index (χ4v) is 2.43. The molecule has 2 N–H and O–H groups in total. The summed E-state index contributed by atoms with van der Waals surface area (Å²) in [6.45, 7) is 8.08. The number of aliphatic imine (C=N–C) groups is 1. The Hall–Kier alpha value is -2.53. The Labute approximate surface area is 156 Å². The summed E-state index contributed by atoms with van der Waals surface area (Å²) >= 11 is 0. The molecule has 0 unspecified atom stereocenters. The first-order valence-electron chi connectivity index (χ1n) is 9.18. The van der Waals surface area contributed by atoms with E-state index >= 15 is 0 Å². The van der Waals surface area contributed by atoms with E-state index in [1.165, 1.54) is 11.1 Å². The molecular formula is C21H29N3O2. The summed E-state index contributed by atoms with van der Waals surface area (Å²) in [6.07, 6.45) is 0. The predicted octanol–water partition coefficient (Wildman–Crippen LogP) is 3.36. The molecule has 140 valence electrons. The summed E-state index contributed by atoms with van der Waals surface area (Å²) in [7, 11) is 0. The molecule has 0 aliphatic carbocycles. The normalized spacial score (nSPS) is 11.2. The molecule has 26 heavy (non-hydrogen) atoms. The van der Waals surface area contributed by atoms with Gasteiger partial charge in [-0.3, -0.25) is 0 Å². The average molecular weight is 355 g/mol. The highest BCUT2D eigenvalue weighted by Crippen LogP contribution is 2.11. The van der Waals surface area contributed by atoms with Crippen LogP contribution in [0.25, 0.3) is 0 Å².